The predicted molar refractivity (Wildman–Crippen MR) is 79.6 cm³/mol. The summed E-state index contributed by atoms with van der Waals surface area (Å²) in [4.78, 5) is 0.230. The summed E-state index contributed by atoms with van der Waals surface area (Å²) >= 11 is 3.75. The van der Waals surface area contributed by atoms with Crippen molar-refractivity contribution in [2.24, 2.45) is 0 Å². The Morgan fingerprint density at radius 2 is 1.78 bits per heavy atom. The van der Waals surface area contributed by atoms with Gasteiger partial charge in [-0.05, 0) is 37.1 Å². The second-order valence-electron chi connectivity index (χ2n) is 4.28. The second kappa shape index (κ2) is 6.05. The molecule has 0 bridgehead atoms. The predicted octanol–water partition coefficient (Wildman–Crippen LogP) is 4.88. The van der Waals surface area contributed by atoms with Gasteiger partial charge in [0.2, 0.25) is 0 Å². The van der Waals surface area contributed by atoms with Crippen LogP contribution in [0.1, 0.15) is 28.4 Å². The van der Waals surface area contributed by atoms with Gasteiger partial charge in [0, 0.05) is 0 Å². The Morgan fingerprint density at radius 1 is 1.06 bits per heavy atom. The number of aryl methyl sites for hydroxylation is 1. The van der Waals surface area contributed by atoms with Gasteiger partial charge in [-0.2, -0.15) is 0 Å². The maximum atomic E-state index is 5.45. The van der Waals surface area contributed by atoms with Gasteiger partial charge in [0.1, 0.15) is 5.75 Å². The lowest BCUT2D eigenvalue weighted by Gasteiger charge is -2.12. The molecular weight excluding hydrogens is 288 g/mol. The highest BCUT2D eigenvalue weighted by molar-refractivity contribution is 9.09. The van der Waals surface area contributed by atoms with E-state index >= 15 is 0 Å². The molecule has 0 radical (unpaired) electrons. The van der Waals surface area contributed by atoms with Crippen molar-refractivity contribution >= 4 is 15.9 Å². The first-order chi connectivity index (χ1) is 8.70. The van der Waals surface area contributed by atoms with Gasteiger partial charge in [0.15, 0.2) is 0 Å². The number of hydrogen-bond donors (Lipinski definition) is 0. The number of rotatable bonds is 4. The van der Waals surface area contributed by atoms with Crippen LogP contribution in [0.25, 0.3) is 0 Å². The van der Waals surface area contributed by atoms with E-state index in [1.165, 1.54) is 16.7 Å². The first kappa shape index (κ1) is 13.2. The van der Waals surface area contributed by atoms with Gasteiger partial charge < -0.3 is 4.74 Å². The molecule has 0 N–H and O–H groups in total. The standard InChI is InChI=1S/C16H17BrO/c1-3-18-15-9-7-13(8-10-15)16(17)14-6-4-5-12(2)11-14/h4-11,16H,3H2,1-2H3. The van der Waals surface area contributed by atoms with Crippen molar-refractivity contribution in [3.8, 4) is 5.75 Å². The molecular formula is C16H17BrO. The van der Waals surface area contributed by atoms with E-state index in [0.717, 1.165) is 5.75 Å². The van der Waals surface area contributed by atoms with E-state index in [0.29, 0.717) is 6.61 Å². The fourth-order valence-corrected chi connectivity index (χ4v) is 2.51. The third-order valence-electron chi connectivity index (χ3n) is 2.82. The maximum Gasteiger partial charge on any atom is 0.119 e. The molecule has 0 aliphatic heterocycles. The highest BCUT2D eigenvalue weighted by Gasteiger charge is 2.10. The van der Waals surface area contributed by atoms with E-state index in [1.54, 1.807) is 0 Å². The van der Waals surface area contributed by atoms with Crippen LogP contribution >= 0.6 is 15.9 Å². The van der Waals surface area contributed by atoms with Crippen molar-refractivity contribution in [2.75, 3.05) is 6.61 Å². The molecule has 0 spiro atoms. The molecule has 0 amide bonds. The van der Waals surface area contributed by atoms with Gasteiger partial charge in [0.25, 0.3) is 0 Å². The fraction of sp³-hybridized carbons (Fsp3) is 0.250. The molecule has 2 aromatic carbocycles. The summed E-state index contributed by atoms with van der Waals surface area (Å²) < 4.78 is 5.45. The van der Waals surface area contributed by atoms with Gasteiger partial charge in [-0.15, -0.1) is 0 Å². The summed E-state index contributed by atoms with van der Waals surface area (Å²) in [5, 5.41) is 0. The van der Waals surface area contributed by atoms with E-state index in [-0.39, 0.29) is 4.83 Å². The number of benzene rings is 2. The van der Waals surface area contributed by atoms with E-state index < -0.39 is 0 Å². The lowest BCUT2D eigenvalue weighted by molar-refractivity contribution is 0.340. The highest BCUT2D eigenvalue weighted by Crippen LogP contribution is 2.31. The molecule has 0 aliphatic carbocycles. The molecule has 18 heavy (non-hydrogen) atoms. The molecule has 0 fully saturated rings. The third-order valence-corrected chi connectivity index (χ3v) is 3.88. The average molecular weight is 305 g/mol. The van der Waals surface area contributed by atoms with Crippen LogP contribution in [-0.4, -0.2) is 6.61 Å². The largest absolute Gasteiger partial charge is 0.494 e. The Kier molecular flexibility index (Phi) is 4.43. The summed E-state index contributed by atoms with van der Waals surface area (Å²) in [6.07, 6.45) is 0. The van der Waals surface area contributed by atoms with Gasteiger partial charge >= 0.3 is 0 Å². The summed E-state index contributed by atoms with van der Waals surface area (Å²) in [6.45, 7) is 4.81. The number of ether oxygens (including phenoxy) is 1. The SMILES string of the molecule is CCOc1ccc(C(Br)c2cccc(C)c2)cc1. The molecule has 0 aromatic heterocycles. The van der Waals surface area contributed by atoms with Crippen molar-refractivity contribution in [3.63, 3.8) is 0 Å². The Morgan fingerprint density at radius 3 is 2.39 bits per heavy atom. The maximum absolute atomic E-state index is 5.45. The Labute approximate surface area is 117 Å². The lowest BCUT2D eigenvalue weighted by Crippen LogP contribution is -1.95. The van der Waals surface area contributed by atoms with Crippen LogP contribution in [0.2, 0.25) is 0 Å². The molecule has 0 saturated carbocycles. The monoisotopic (exact) mass is 304 g/mol. The molecule has 1 nitrogen and oxygen atoms in total. The zero-order valence-electron chi connectivity index (χ0n) is 10.7. The highest BCUT2D eigenvalue weighted by atomic mass is 79.9. The van der Waals surface area contributed by atoms with Crippen LogP contribution in [0.3, 0.4) is 0 Å². The first-order valence-electron chi connectivity index (χ1n) is 6.14. The van der Waals surface area contributed by atoms with E-state index in [1.807, 2.05) is 19.1 Å². The van der Waals surface area contributed by atoms with Crippen LogP contribution in [0, 0.1) is 6.92 Å². The van der Waals surface area contributed by atoms with Gasteiger partial charge in [-0.1, -0.05) is 57.9 Å². The third kappa shape index (κ3) is 3.14. The van der Waals surface area contributed by atoms with Crippen LogP contribution < -0.4 is 4.74 Å². The second-order valence-corrected chi connectivity index (χ2v) is 5.19. The average Bonchev–Trinajstić information content (AvgIpc) is 2.39. The zero-order valence-corrected chi connectivity index (χ0v) is 12.3. The molecule has 0 aliphatic rings. The molecule has 0 heterocycles. The zero-order chi connectivity index (χ0) is 13.0. The van der Waals surface area contributed by atoms with Gasteiger partial charge in [-0.3, -0.25) is 0 Å². The quantitative estimate of drug-likeness (QED) is 0.732. The number of halogens is 1. The minimum absolute atomic E-state index is 0.230. The minimum atomic E-state index is 0.230. The molecule has 2 aromatic rings. The lowest BCUT2D eigenvalue weighted by atomic mass is 10.0. The van der Waals surface area contributed by atoms with Crippen molar-refractivity contribution in [1.29, 1.82) is 0 Å². The van der Waals surface area contributed by atoms with Crippen molar-refractivity contribution in [3.05, 3.63) is 65.2 Å². The Bertz CT molecular complexity index is 505. The van der Waals surface area contributed by atoms with Gasteiger partial charge in [0.05, 0.1) is 11.4 Å². The number of alkyl halides is 1. The summed E-state index contributed by atoms with van der Waals surface area (Å²) in [6, 6.07) is 16.8. The molecule has 2 heteroatoms. The molecule has 1 atom stereocenters. The van der Waals surface area contributed by atoms with Crippen LogP contribution in [0.15, 0.2) is 48.5 Å². The molecule has 94 valence electrons. The van der Waals surface area contributed by atoms with E-state index in [9.17, 15) is 0 Å². The van der Waals surface area contributed by atoms with Crippen molar-refractivity contribution in [1.82, 2.24) is 0 Å². The topological polar surface area (TPSA) is 9.23 Å². The Balaban J connectivity index is 2.20. The normalized spacial score (nSPS) is 12.2. The molecule has 0 saturated heterocycles. The summed E-state index contributed by atoms with van der Waals surface area (Å²) in [7, 11) is 0. The van der Waals surface area contributed by atoms with E-state index in [4.69, 9.17) is 4.74 Å². The van der Waals surface area contributed by atoms with Crippen molar-refractivity contribution < 1.29 is 4.74 Å². The fourth-order valence-electron chi connectivity index (χ4n) is 1.92. The van der Waals surface area contributed by atoms with E-state index in [2.05, 4.69) is 59.3 Å². The first-order valence-corrected chi connectivity index (χ1v) is 7.05. The van der Waals surface area contributed by atoms with Crippen LogP contribution in [0.4, 0.5) is 0 Å². The van der Waals surface area contributed by atoms with Crippen LogP contribution in [-0.2, 0) is 0 Å². The molecule has 2 rings (SSSR count). The summed E-state index contributed by atoms with van der Waals surface area (Å²) in [5.41, 5.74) is 3.80. The summed E-state index contributed by atoms with van der Waals surface area (Å²) in [5.74, 6) is 0.921. The van der Waals surface area contributed by atoms with Gasteiger partial charge in [-0.25, -0.2) is 0 Å². The Hall–Kier alpha value is -1.28. The smallest absolute Gasteiger partial charge is 0.119 e. The number of hydrogen-bond acceptors (Lipinski definition) is 1. The van der Waals surface area contributed by atoms with Crippen LogP contribution in [0.5, 0.6) is 5.75 Å². The van der Waals surface area contributed by atoms with Crippen molar-refractivity contribution in [2.45, 2.75) is 18.7 Å². The molecule has 1 unspecified atom stereocenters. The minimum Gasteiger partial charge on any atom is -0.494 e.